The number of hydrogen-bond donors (Lipinski definition) is 2. The summed E-state index contributed by atoms with van der Waals surface area (Å²) in [6, 6.07) is 4.94. The highest BCUT2D eigenvalue weighted by Gasteiger charge is 2.27. The monoisotopic (exact) mass is 231 g/mol. The highest BCUT2D eigenvalue weighted by molar-refractivity contribution is 5.84. The van der Waals surface area contributed by atoms with Crippen LogP contribution in [0.3, 0.4) is 0 Å². The van der Waals surface area contributed by atoms with E-state index >= 15 is 0 Å². The summed E-state index contributed by atoms with van der Waals surface area (Å²) in [6.45, 7) is 1.92. The normalized spacial score (nSPS) is 19.7. The number of aromatic nitrogens is 1. The summed E-state index contributed by atoms with van der Waals surface area (Å²) >= 11 is 0. The molecule has 0 radical (unpaired) electrons. The second-order valence-electron chi connectivity index (χ2n) is 3.83. The lowest BCUT2D eigenvalue weighted by molar-refractivity contribution is -0.119. The molecular formula is C11H13N5O. The first-order valence-corrected chi connectivity index (χ1v) is 5.35. The predicted octanol–water partition coefficient (Wildman–Crippen LogP) is -0.783. The fraction of sp³-hybridized carbons (Fsp3) is 0.364. The van der Waals surface area contributed by atoms with Crippen molar-refractivity contribution in [3.8, 4) is 6.07 Å². The first-order valence-electron chi connectivity index (χ1n) is 5.35. The standard InChI is InChI=1S/C11H13N5O/c12-6-8-1-2-15-10(5-8)16-4-3-14-7-9(16)11(13)17/h1-2,5,9,14H,3-4,7H2,(H2,13,17). The molecule has 1 aliphatic heterocycles. The van der Waals surface area contributed by atoms with E-state index in [1.807, 2.05) is 4.90 Å². The van der Waals surface area contributed by atoms with Gasteiger partial charge in [0.25, 0.3) is 0 Å². The van der Waals surface area contributed by atoms with Crippen LogP contribution in [-0.2, 0) is 4.79 Å². The quantitative estimate of drug-likeness (QED) is 0.696. The minimum absolute atomic E-state index is 0.388. The number of primary amides is 1. The maximum absolute atomic E-state index is 11.3. The number of nitrogens with two attached hydrogens (primary N) is 1. The van der Waals surface area contributed by atoms with Crippen molar-refractivity contribution in [3.05, 3.63) is 23.9 Å². The van der Waals surface area contributed by atoms with Crippen LogP contribution in [0, 0.1) is 11.3 Å². The lowest BCUT2D eigenvalue weighted by atomic mass is 10.1. The van der Waals surface area contributed by atoms with Crippen molar-refractivity contribution >= 4 is 11.7 Å². The topological polar surface area (TPSA) is 95.0 Å². The molecule has 6 nitrogen and oxygen atoms in total. The summed E-state index contributed by atoms with van der Waals surface area (Å²) in [6.07, 6.45) is 1.56. The number of amides is 1. The molecule has 17 heavy (non-hydrogen) atoms. The molecule has 1 saturated heterocycles. The van der Waals surface area contributed by atoms with Gasteiger partial charge in [0.05, 0.1) is 11.6 Å². The van der Waals surface area contributed by atoms with Gasteiger partial charge < -0.3 is 16.0 Å². The van der Waals surface area contributed by atoms with Crippen LogP contribution in [0.25, 0.3) is 0 Å². The molecule has 1 aromatic heterocycles. The molecule has 1 unspecified atom stereocenters. The van der Waals surface area contributed by atoms with Crippen molar-refractivity contribution in [1.29, 1.82) is 5.26 Å². The average Bonchev–Trinajstić information content (AvgIpc) is 2.39. The van der Waals surface area contributed by atoms with Gasteiger partial charge in [0.1, 0.15) is 11.9 Å². The zero-order chi connectivity index (χ0) is 12.3. The zero-order valence-corrected chi connectivity index (χ0v) is 9.26. The minimum atomic E-state index is -0.412. The molecule has 2 heterocycles. The number of piperazine rings is 1. The van der Waals surface area contributed by atoms with Crippen LogP contribution in [0.4, 0.5) is 5.82 Å². The fourth-order valence-electron chi connectivity index (χ4n) is 1.88. The zero-order valence-electron chi connectivity index (χ0n) is 9.26. The summed E-state index contributed by atoms with van der Waals surface area (Å²) in [7, 11) is 0. The van der Waals surface area contributed by atoms with Crippen LogP contribution in [0.15, 0.2) is 18.3 Å². The Bertz CT molecular complexity index is 467. The Morgan fingerprint density at radius 3 is 3.24 bits per heavy atom. The number of anilines is 1. The third-order valence-corrected chi connectivity index (χ3v) is 2.74. The van der Waals surface area contributed by atoms with E-state index in [2.05, 4.69) is 16.4 Å². The Balaban J connectivity index is 2.29. The molecule has 0 bridgehead atoms. The molecule has 1 atom stereocenters. The molecule has 0 saturated carbocycles. The van der Waals surface area contributed by atoms with Gasteiger partial charge in [0.2, 0.25) is 5.91 Å². The second-order valence-corrected chi connectivity index (χ2v) is 3.83. The summed E-state index contributed by atoms with van der Waals surface area (Å²) in [5.41, 5.74) is 5.88. The molecule has 0 spiro atoms. The number of nitrogens with one attached hydrogen (secondary N) is 1. The van der Waals surface area contributed by atoms with Crippen LogP contribution >= 0.6 is 0 Å². The van der Waals surface area contributed by atoms with E-state index in [1.165, 1.54) is 0 Å². The van der Waals surface area contributed by atoms with E-state index < -0.39 is 6.04 Å². The van der Waals surface area contributed by atoms with Crippen LogP contribution in [0.1, 0.15) is 5.56 Å². The Morgan fingerprint density at radius 1 is 1.71 bits per heavy atom. The summed E-state index contributed by atoms with van der Waals surface area (Å²) in [4.78, 5) is 17.4. The molecule has 1 amide bonds. The number of carbonyl (C=O) groups excluding carboxylic acids is 1. The van der Waals surface area contributed by atoms with Crippen molar-refractivity contribution in [2.45, 2.75) is 6.04 Å². The van der Waals surface area contributed by atoms with Crippen molar-refractivity contribution in [2.75, 3.05) is 24.5 Å². The van der Waals surface area contributed by atoms with Gasteiger partial charge in [0, 0.05) is 25.8 Å². The second kappa shape index (κ2) is 4.80. The van der Waals surface area contributed by atoms with Crippen LogP contribution in [0.5, 0.6) is 0 Å². The number of hydrogen-bond acceptors (Lipinski definition) is 5. The maximum atomic E-state index is 11.3. The average molecular weight is 231 g/mol. The van der Waals surface area contributed by atoms with Gasteiger partial charge in [-0.05, 0) is 12.1 Å². The van der Waals surface area contributed by atoms with Gasteiger partial charge in [-0.25, -0.2) is 4.98 Å². The van der Waals surface area contributed by atoms with Gasteiger partial charge in [-0.3, -0.25) is 4.79 Å². The molecule has 0 aliphatic carbocycles. The molecule has 1 aromatic rings. The third-order valence-electron chi connectivity index (χ3n) is 2.74. The maximum Gasteiger partial charge on any atom is 0.241 e. The SMILES string of the molecule is N#Cc1ccnc(N2CCNCC2C(N)=O)c1. The Hall–Kier alpha value is -2.13. The first kappa shape index (κ1) is 11.4. The molecule has 1 fully saturated rings. The van der Waals surface area contributed by atoms with Crippen LogP contribution in [-0.4, -0.2) is 36.6 Å². The first-order chi connectivity index (χ1) is 8.22. The summed E-state index contributed by atoms with van der Waals surface area (Å²) in [5.74, 6) is 0.232. The molecule has 1 aliphatic rings. The van der Waals surface area contributed by atoms with E-state index in [9.17, 15) is 4.79 Å². The molecular weight excluding hydrogens is 218 g/mol. The van der Waals surface area contributed by atoms with Gasteiger partial charge in [-0.15, -0.1) is 0 Å². The van der Waals surface area contributed by atoms with E-state index in [4.69, 9.17) is 11.0 Å². The molecule has 0 aromatic carbocycles. The van der Waals surface area contributed by atoms with Crippen molar-refractivity contribution < 1.29 is 4.79 Å². The van der Waals surface area contributed by atoms with E-state index in [1.54, 1.807) is 18.3 Å². The molecule has 6 heteroatoms. The van der Waals surface area contributed by atoms with Crippen LogP contribution < -0.4 is 16.0 Å². The highest BCUT2D eigenvalue weighted by atomic mass is 16.1. The van der Waals surface area contributed by atoms with E-state index in [0.29, 0.717) is 24.5 Å². The lowest BCUT2D eigenvalue weighted by Crippen LogP contribution is -2.57. The van der Waals surface area contributed by atoms with Crippen molar-refractivity contribution in [2.24, 2.45) is 5.73 Å². The van der Waals surface area contributed by atoms with Gasteiger partial charge >= 0.3 is 0 Å². The number of pyridine rings is 1. The lowest BCUT2D eigenvalue weighted by Gasteiger charge is -2.35. The Morgan fingerprint density at radius 2 is 2.53 bits per heavy atom. The number of nitriles is 1. The van der Waals surface area contributed by atoms with E-state index in [0.717, 1.165) is 6.54 Å². The smallest absolute Gasteiger partial charge is 0.241 e. The Labute approximate surface area is 99.0 Å². The van der Waals surface area contributed by atoms with Crippen molar-refractivity contribution in [3.63, 3.8) is 0 Å². The van der Waals surface area contributed by atoms with Crippen LogP contribution in [0.2, 0.25) is 0 Å². The third kappa shape index (κ3) is 2.34. The number of nitrogens with zero attached hydrogens (tertiary/aromatic N) is 3. The van der Waals surface area contributed by atoms with Crippen molar-refractivity contribution in [1.82, 2.24) is 10.3 Å². The summed E-state index contributed by atoms with van der Waals surface area (Å²) < 4.78 is 0. The highest BCUT2D eigenvalue weighted by Crippen LogP contribution is 2.16. The molecule has 88 valence electrons. The fourth-order valence-corrected chi connectivity index (χ4v) is 1.88. The number of carbonyl (C=O) groups is 1. The Kier molecular flexibility index (Phi) is 3.21. The number of rotatable bonds is 2. The summed E-state index contributed by atoms with van der Waals surface area (Å²) in [5, 5.41) is 11.9. The van der Waals surface area contributed by atoms with Gasteiger partial charge in [-0.1, -0.05) is 0 Å². The van der Waals surface area contributed by atoms with Gasteiger partial charge in [0.15, 0.2) is 0 Å². The molecule has 2 rings (SSSR count). The molecule has 3 N–H and O–H groups in total. The minimum Gasteiger partial charge on any atom is -0.368 e. The van der Waals surface area contributed by atoms with E-state index in [-0.39, 0.29) is 5.91 Å². The largest absolute Gasteiger partial charge is 0.368 e. The predicted molar refractivity (Wildman–Crippen MR) is 62.2 cm³/mol. The van der Waals surface area contributed by atoms with Gasteiger partial charge in [-0.2, -0.15) is 5.26 Å².